The summed E-state index contributed by atoms with van der Waals surface area (Å²) < 4.78 is 0. The van der Waals surface area contributed by atoms with E-state index in [4.69, 9.17) is 5.11 Å². The van der Waals surface area contributed by atoms with Crippen LogP contribution in [0.15, 0.2) is 18.3 Å². The van der Waals surface area contributed by atoms with Crippen LogP contribution in [0.3, 0.4) is 0 Å². The van der Waals surface area contributed by atoms with Crippen LogP contribution in [0.25, 0.3) is 0 Å². The number of aryl methyl sites for hydroxylation is 1. The monoisotopic (exact) mass is 304 g/mol. The van der Waals surface area contributed by atoms with Crippen molar-refractivity contribution in [3.05, 3.63) is 23.9 Å². The normalized spacial score (nSPS) is 22.2. The number of piperazine rings is 1. The smallest absolute Gasteiger partial charge is 0.131 e. The molecule has 0 saturated carbocycles. The first-order valence-corrected chi connectivity index (χ1v) is 8.52. The number of hydrogen-bond donors (Lipinski definition) is 1. The van der Waals surface area contributed by atoms with Crippen LogP contribution in [0.4, 0.5) is 5.82 Å². The Morgan fingerprint density at radius 2 is 1.86 bits per heavy atom. The van der Waals surface area contributed by atoms with Crippen LogP contribution in [0.1, 0.15) is 18.4 Å². The van der Waals surface area contributed by atoms with E-state index in [1.807, 2.05) is 12.3 Å². The Labute approximate surface area is 133 Å². The predicted molar refractivity (Wildman–Crippen MR) is 89.3 cm³/mol. The lowest BCUT2D eigenvalue weighted by atomic mass is 10.0. The van der Waals surface area contributed by atoms with E-state index in [-0.39, 0.29) is 6.61 Å². The number of piperidine rings is 1. The number of rotatable bonds is 4. The first kappa shape index (κ1) is 15.7. The molecule has 0 unspecified atom stereocenters. The Bertz CT molecular complexity index is 465. The van der Waals surface area contributed by atoms with Gasteiger partial charge in [0, 0.05) is 58.1 Å². The summed E-state index contributed by atoms with van der Waals surface area (Å²) in [7, 11) is 0. The van der Waals surface area contributed by atoms with Crippen LogP contribution in [0.2, 0.25) is 0 Å². The fraction of sp³-hybridized carbons (Fsp3) is 0.706. The minimum absolute atomic E-state index is 0.280. The minimum Gasteiger partial charge on any atom is -0.395 e. The van der Waals surface area contributed by atoms with E-state index in [0.717, 1.165) is 57.7 Å². The topological polar surface area (TPSA) is 42.8 Å². The van der Waals surface area contributed by atoms with Gasteiger partial charge in [-0.2, -0.15) is 0 Å². The molecule has 0 aliphatic carbocycles. The highest BCUT2D eigenvalue weighted by Crippen LogP contribution is 2.24. The summed E-state index contributed by atoms with van der Waals surface area (Å²) >= 11 is 0. The Hall–Kier alpha value is -1.17. The van der Waals surface area contributed by atoms with Gasteiger partial charge in [-0.1, -0.05) is 6.07 Å². The maximum Gasteiger partial charge on any atom is 0.131 e. The van der Waals surface area contributed by atoms with Crippen molar-refractivity contribution in [2.75, 3.05) is 57.3 Å². The molecule has 1 aromatic rings. The number of nitrogens with zero attached hydrogens (tertiary/aromatic N) is 4. The Morgan fingerprint density at radius 3 is 2.50 bits per heavy atom. The van der Waals surface area contributed by atoms with Gasteiger partial charge in [-0.25, -0.2) is 4.98 Å². The lowest BCUT2D eigenvalue weighted by Gasteiger charge is -2.43. The Kier molecular flexibility index (Phi) is 5.28. The SMILES string of the molecule is Cc1cccnc1N1CCC(N2CCN(CCO)CC2)CC1. The van der Waals surface area contributed by atoms with Gasteiger partial charge in [0.2, 0.25) is 0 Å². The molecular formula is C17H28N4O. The molecule has 0 amide bonds. The molecule has 3 rings (SSSR count). The van der Waals surface area contributed by atoms with Crippen LogP contribution in [0, 0.1) is 6.92 Å². The van der Waals surface area contributed by atoms with Crippen molar-refractivity contribution in [2.45, 2.75) is 25.8 Å². The molecule has 0 spiro atoms. The summed E-state index contributed by atoms with van der Waals surface area (Å²) in [5, 5.41) is 9.03. The zero-order valence-corrected chi connectivity index (χ0v) is 13.6. The van der Waals surface area contributed by atoms with E-state index in [9.17, 15) is 0 Å². The number of hydrogen-bond acceptors (Lipinski definition) is 5. The van der Waals surface area contributed by atoms with Gasteiger partial charge in [-0.05, 0) is 31.4 Å². The van der Waals surface area contributed by atoms with Crippen molar-refractivity contribution < 1.29 is 5.11 Å². The van der Waals surface area contributed by atoms with E-state index < -0.39 is 0 Å². The number of aliphatic hydroxyl groups excluding tert-OH is 1. The van der Waals surface area contributed by atoms with Crippen LogP contribution in [0.5, 0.6) is 0 Å². The van der Waals surface area contributed by atoms with Crippen molar-refractivity contribution >= 4 is 5.82 Å². The number of aliphatic hydroxyl groups is 1. The standard InChI is InChI=1S/C17H28N4O/c1-15-3-2-6-18-17(15)21-7-4-16(5-8-21)20-11-9-19(10-12-20)13-14-22/h2-3,6,16,22H,4-5,7-14H2,1H3. The third-order valence-corrected chi connectivity index (χ3v) is 5.09. The highest BCUT2D eigenvalue weighted by Gasteiger charge is 2.27. The molecule has 0 atom stereocenters. The average molecular weight is 304 g/mol. The van der Waals surface area contributed by atoms with Crippen LogP contribution < -0.4 is 4.90 Å². The predicted octanol–water partition coefficient (Wildman–Crippen LogP) is 0.969. The van der Waals surface area contributed by atoms with Crippen LogP contribution in [-0.4, -0.2) is 78.4 Å². The minimum atomic E-state index is 0.280. The van der Waals surface area contributed by atoms with Crippen LogP contribution in [-0.2, 0) is 0 Å². The molecule has 2 saturated heterocycles. The molecule has 1 N–H and O–H groups in total. The number of β-amino-alcohol motifs (C(OH)–C–C–N with tert-alkyl or cyclic N) is 1. The first-order valence-electron chi connectivity index (χ1n) is 8.52. The van der Waals surface area contributed by atoms with Crippen molar-refractivity contribution in [3.63, 3.8) is 0 Å². The zero-order chi connectivity index (χ0) is 15.4. The van der Waals surface area contributed by atoms with Crippen molar-refractivity contribution in [3.8, 4) is 0 Å². The molecule has 5 heteroatoms. The lowest BCUT2D eigenvalue weighted by molar-refractivity contribution is 0.0746. The second-order valence-corrected chi connectivity index (χ2v) is 6.46. The van der Waals surface area contributed by atoms with Crippen molar-refractivity contribution in [1.82, 2.24) is 14.8 Å². The molecule has 0 aromatic carbocycles. The van der Waals surface area contributed by atoms with Gasteiger partial charge in [-0.3, -0.25) is 9.80 Å². The number of anilines is 1. The second kappa shape index (κ2) is 7.40. The molecule has 1 aromatic heterocycles. The Morgan fingerprint density at radius 1 is 1.14 bits per heavy atom. The molecule has 5 nitrogen and oxygen atoms in total. The number of aromatic nitrogens is 1. The van der Waals surface area contributed by atoms with Gasteiger partial charge in [0.15, 0.2) is 0 Å². The zero-order valence-electron chi connectivity index (χ0n) is 13.6. The fourth-order valence-electron chi connectivity index (χ4n) is 3.74. The molecule has 2 aliphatic heterocycles. The molecule has 2 aliphatic rings. The lowest BCUT2D eigenvalue weighted by Crippen LogP contribution is -2.53. The summed E-state index contributed by atoms with van der Waals surface area (Å²) in [4.78, 5) is 12.0. The molecule has 122 valence electrons. The van der Waals surface area contributed by atoms with Gasteiger partial charge in [0.05, 0.1) is 6.61 Å². The largest absolute Gasteiger partial charge is 0.395 e. The maximum atomic E-state index is 9.03. The van der Waals surface area contributed by atoms with Crippen molar-refractivity contribution in [2.24, 2.45) is 0 Å². The summed E-state index contributed by atoms with van der Waals surface area (Å²) in [6, 6.07) is 4.88. The van der Waals surface area contributed by atoms with Gasteiger partial charge < -0.3 is 10.0 Å². The molecular weight excluding hydrogens is 276 g/mol. The molecule has 2 fully saturated rings. The van der Waals surface area contributed by atoms with Gasteiger partial charge in [0.25, 0.3) is 0 Å². The molecule has 0 radical (unpaired) electrons. The van der Waals surface area contributed by atoms with Gasteiger partial charge in [-0.15, -0.1) is 0 Å². The number of pyridine rings is 1. The van der Waals surface area contributed by atoms with E-state index in [2.05, 4.69) is 32.7 Å². The molecule has 0 bridgehead atoms. The maximum absolute atomic E-state index is 9.03. The van der Waals surface area contributed by atoms with E-state index in [1.165, 1.54) is 18.4 Å². The summed E-state index contributed by atoms with van der Waals surface area (Å²) in [5.41, 5.74) is 1.28. The third kappa shape index (κ3) is 3.59. The quantitative estimate of drug-likeness (QED) is 0.898. The van der Waals surface area contributed by atoms with E-state index in [1.54, 1.807) is 0 Å². The van der Waals surface area contributed by atoms with Crippen LogP contribution >= 0.6 is 0 Å². The fourth-order valence-corrected chi connectivity index (χ4v) is 3.74. The molecule has 3 heterocycles. The third-order valence-electron chi connectivity index (χ3n) is 5.09. The van der Waals surface area contributed by atoms with Gasteiger partial charge >= 0.3 is 0 Å². The van der Waals surface area contributed by atoms with Gasteiger partial charge in [0.1, 0.15) is 5.82 Å². The summed E-state index contributed by atoms with van der Waals surface area (Å²) in [6.45, 7) is 9.96. The average Bonchev–Trinajstić information content (AvgIpc) is 2.57. The highest BCUT2D eigenvalue weighted by molar-refractivity contribution is 5.46. The second-order valence-electron chi connectivity index (χ2n) is 6.46. The first-order chi connectivity index (χ1) is 10.8. The van der Waals surface area contributed by atoms with E-state index in [0.29, 0.717) is 0 Å². The van der Waals surface area contributed by atoms with Crippen molar-refractivity contribution in [1.29, 1.82) is 0 Å². The summed E-state index contributed by atoms with van der Waals surface area (Å²) in [6.07, 6.45) is 4.36. The Balaban J connectivity index is 1.49. The highest BCUT2D eigenvalue weighted by atomic mass is 16.3. The molecule has 22 heavy (non-hydrogen) atoms. The van der Waals surface area contributed by atoms with E-state index >= 15 is 0 Å². The summed E-state index contributed by atoms with van der Waals surface area (Å²) in [5.74, 6) is 1.16.